The molecule has 0 radical (unpaired) electrons. The summed E-state index contributed by atoms with van der Waals surface area (Å²) in [5, 5.41) is 50.4. The van der Waals surface area contributed by atoms with E-state index in [9.17, 15) is 45.0 Å². The van der Waals surface area contributed by atoms with Crippen LogP contribution in [0.3, 0.4) is 0 Å². The molecule has 4 aliphatic carbocycles. The molecule has 0 N–H and O–H groups in total. The lowest BCUT2D eigenvalue weighted by Crippen LogP contribution is -2.34. The van der Waals surface area contributed by atoms with Crippen molar-refractivity contribution in [2.75, 3.05) is 33.0 Å². The van der Waals surface area contributed by atoms with E-state index in [-0.39, 0.29) is 27.9 Å². The minimum Gasteiger partial charge on any atom is -0.461 e. The molecule has 0 fully saturated rings. The minimum atomic E-state index is -0.544. The molecule has 8 aromatic carbocycles. The fourth-order valence-corrected chi connectivity index (χ4v) is 17.2. The number of esters is 5. The summed E-state index contributed by atoms with van der Waals surface area (Å²) in [5.74, 6) is 1.55. The molecule has 2 aromatic heterocycles. The highest BCUT2D eigenvalue weighted by Gasteiger charge is 2.26. The first-order valence-corrected chi connectivity index (χ1v) is 48.0. The maximum Gasteiger partial charge on any atom is 0.349 e. The Balaban J connectivity index is 0.000000162. The lowest BCUT2D eigenvalue weighted by Gasteiger charge is -2.14. The molecule has 15 rings (SSSR count). The van der Waals surface area contributed by atoms with Gasteiger partial charge in [-0.25, -0.2) is 38.9 Å². The number of hydrogen-bond donors (Lipinski definition) is 0. The lowest BCUT2D eigenvalue weighted by molar-refractivity contribution is -0.138. The second-order valence-corrected chi connectivity index (χ2v) is 34.5. The molecule has 1 aliphatic heterocycles. The number of carbonyl (C=O) groups is 5. The Bertz CT molecular complexity index is 6990. The molecule has 5 atom stereocenters. The Morgan fingerprint density at radius 3 is 1.30 bits per heavy atom. The van der Waals surface area contributed by atoms with Crippen molar-refractivity contribution in [1.82, 2.24) is 15.0 Å². The molecule has 0 saturated heterocycles. The Morgan fingerprint density at radius 1 is 0.363 bits per heavy atom. The van der Waals surface area contributed by atoms with Gasteiger partial charge in [0.25, 0.3) is 0 Å². The van der Waals surface area contributed by atoms with Gasteiger partial charge in [-0.2, -0.15) is 21.0 Å². The highest BCUT2D eigenvalue weighted by molar-refractivity contribution is 6.18. The van der Waals surface area contributed by atoms with Gasteiger partial charge in [-0.15, -0.1) is 6.42 Å². The van der Waals surface area contributed by atoms with E-state index >= 15 is 0 Å². The van der Waals surface area contributed by atoms with Crippen LogP contribution in [0.4, 0.5) is 5.69 Å². The summed E-state index contributed by atoms with van der Waals surface area (Å²) in [5.41, 5.74) is 11.3. The normalized spacial score (nSPS) is 13.7. The molecular formula is C117H122N8O10. The van der Waals surface area contributed by atoms with Gasteiger partial charge in [-0.3, -0.25) is 4.98 Å². The van der Waals surface area contributed by atoms with E-state index in [1.54, 1.807) is 12.4 Å². The van der Waals surface area contributed by atoms with Gasteiger partial charge in [-0.05, 0) is 190 Å². The van der Waals surface area contributed by atoms with Crippen molar-refractivity contribution in [3.8, 4) is 70.1 Å². The van der Waals surface area contributed by atoms with Crippen LogP contribution in [0.2, 0.25) is 0 Å². The van der Waals surface area contributed by atoms with Gasteiger partial charge in [0.1, 0.15) is 74.9 Å². The van der Waals surface area contributed by atoms with Crippen LogP contribution < -0.4 is 52.5 Å². The van der Waals surface area contributed by atoms with E-state index in [2.05, 4.69) is 162 Å². The first-order valence-electron chi connectivity index (χ1n) is 48.0. The third-order valence-corrected chi connectivity index (χ3v) is 25.6. The number of nitrogens with zero attached hydrogens (tertiary/aromatic N) is 8. The van der Waals surface area contributed by atoms with Gasteiger partial charge in [0, 0.05) is 32.6 Å². The van der Waals surface area contributed by atoms with E-state index in [4.69, 9.17) is 30.1 Å². The minimum absolute atomic E-state index is 0.0727. The summed E-state index contributed by atoms with van der Waals surface area (Å²) in [6, 6.07) is 65.5. The second kappa shape index (κ2) is 51.5. The number of nitriles is 4. The standard InChI is InChI=1S/4C24H25NO2.C21H22N4O2/c1-3-5-9-17(4-2)16-27-24(26)22(15-25)21-13-8-11-19-14-18-10-6-7-12-20(18)23(19)21;1-3-5-9-17(4-2)16-27-24(26)23(15-25)21-13-8-12-20-19-11-7-6-10-18(19)14-22(20)21;1-3-5-8-17(4-2)16-27-24(26)23(15-25)19-11-12-22-20(14-19)13-18-9-6-7-10-21(18)22;1-3-5-8-17(4-2)16-27-24(26)23(15-25)20-12-11-19-13-18-9-6-7-10-21(18)22(19)14-20;1-4-7-8-14(5-2)12-27-21(26)15(6-3)18-20-19(24-13-23-18)16-9-10-22-11-17(16)25-20/h2*6-8,10-14,17H,3-5,9,16H2,1-2H3;2*6-7,9-14,17H,3-5,8,16H2,1-2H3;3,9-11,13-14H,4-5,7-8,12H2,1-2H3/b22-21+;23-21-;23-19-;23-20-;18-15+. The summed E-state index contributed by atoms with van der Waals surface area (Å²) >= 11 is 0. The first-order chi connectivity index (χ1) is 65.9. The van der Waals surface area contributed by atoms with Crippen LogP contribution in [0.1, 0.15) is 220 Å². The average molecular weight is 1800 g/mol. The lowest BCUT2D eigenvalue weighted by atomic mass is 10.0. The van der Waals surface area contributed by atoms with E-state index in [1.807, 2.05) is 158 Å². The average Bonchev–Trinajstić information content (AvgIpc) is 1.64. The summed E-state index contributed by atoms with van der Waals surface area (Å²) in [6.45, 7) is 23.2. The zero-order chi connectivity index (χ0) is 96.1. The van der Waals surface area contributed by atoms with Gasteiger partial charge in [0.2, 0.25) is 0 Å². The third kappa shape index (κ3) is 25.7. The number of pyridine rings is 1. The molecule has 18 heteroatoms. The monoisotopic (exact) mass is 1800 g/mol. The SMILES string of the molecule is C#C/C(C(=O)OCC(CC)CCCC)=c1\ncnc2c1=Nc1cnccc1-2.CCCCC(CC)COC(=O)/C(C#N)=c1/ccc2c(c1)-c1ccccc1C=2.CCCCC(CC)COC(=O)/C(C#N)=c1/ccc2c(c1)C=c1ccccc1=2.CCCCC(CC)COC(=O)/C(C#N)=c1/cccc2c1=Cc1ccccc1-2.CCCCC(CC)COC(=O)/C(C#N)=c1\cccc2c1=c1ccccc1=C2. The van der Waals surface area contributed by atoms with E-state index in [1.165, 1.54) is 11.5 Å². The van der Waals surface area contributed by atoms with Crippen molar-refractivity contribution < 1.29 is 47.7 Å². The van der Waals surface area contributed by atoms with Crippen molar-refractivity contribution >= 4 is 87.7 Å². The smallest absolute Gasteiger partial charge is 0.349 e. The molecule has 18 nitrogen and oxygen atoms in total. The van der Waals surface area contributed by atoms with E-state index in [0.29, 0.717) is 106 Å². The number of aromatic nitrogens is 3. The van der Waals surface area contributed by atoms with E-state index < -0.39 is 29.8 Å². The maximum atomic E-state index is 12.7. The molecular weight excluding hydrogens is 1680 g/mol. The fourth-order valence-electron chi connectivity index (χ4n) is 17.2. The summed E-state index contributed by atoms with van der Waals surface area (Å²) in [6.07, 6.45) is 40.0. The van der Waals surface area contributed by atoms with Crippen molar-refractivity contribution in [2.24, 2.45) is 34.6 Å². The number of carbonyl (C=O) groups excluding carboxylic acids is 5. The zero-order valence-electron chi connectivity index (χ0n) is 79.6. The number of hydrogen-bond acceptors (Lipinski definition) is 18. The van der Waals surface area contributed by atoms with Crippen LogP contribution in [0, 0.1) is 108 Å². The van der Waals surface area contributed by atoms with Crippen LogP contribution >= 0.6 is 0 Å². The van der Waals surface area contributed by atoms with Crippen LogP contribution in [-0.4, -0.2) is 77.8 Å². The van der Waals surface area contributed by atoms with Crippen LogP contribution in [-0.2, 0) is 47.7 Å². The van der Waals surface area contributed by atoms with Crippen LogP contribution in [0.25, 0.3) is 85.7 Å². The topological polar surface area (TPSA) is 278 Å². The summed E-state index contributed by atoms with van der Waals surface area (Å²) in [7, 11) is 0. The van der Waals surface area contributed by atoms with Gasteiger partial charge in [0.05, 0.1) is 44.9 Å². The Labute approximate surface area is 792 Å². The number of ether oxygens (including phenoxy) is 5. The fraction of sp³-hybridized carbons (Fsp3) is 0.342. The number of fused-ring (bicyclic) bond motifs is 13. The summed E-state index contributed by atoms with van der Waals surface area (Å²) < 4.78 is 27.5. The Hall–Kier alpha value is -14.5. The van der Waals surface area contributed by atoms with Gasteiger partial charge in [-0.1, -0.05) is 329 Å². The number of unbranched alkanes of at least 4 members (excludes halogenated alkanes) is 5. The Kier molecular flexibility index (Phi) is 38.5. The molecule has 3 heterocycles. The number of terminal acetylenes is 1. The third-order valence-electron chi connectivity index (χ3n) is 25.6. The highest BCUT2D eigenvalue weighted by Crippen LogP contribution is 2.31. The predicted molar refractivity (Wildman–Crippen MR) is 531 cm³/mol. The first kappa shape index (κ1) is 101. The maximum absolute atomic E-state index is 12.7. The highest BCUT2D eigenvalue weighted by atomic mass is 16.5. The second-order valence-electron chi connectivity index (χ2n) is 34.5. The van der Waals surface area contributed by atoms with Gasteiger partial charge < -0.3 is 23.7 Å². The molecule has 10 aromatic rings. The van der Waals surface area contributed by atoms with Gasteiger partial charge in [0.15, 0.2) is 0 Å². The van der Waals surface area contributed by atoms with Crippen LogP contribution in [0.5, 0.6) is 0 Å². The van der Waals surface area contributed by atoms with Crippen molar-refractivity contribution in [3.63, 3.8) is 0 Å². The molecule has 0 bridgehead atoms. The van der Waals surface area contributed by atoms with Crippen molar-refractivity contribution in [3.05, 3.63) is 290 Å². The molecule has 5 aliphatic rings. The van der Waals surface area contributed by atoms with Crippen molar-refractivity contribution in [2.45, 2.75) is 198 Å². The van der Waals surface area contributed by atoms with E-state index in [0.717, 1.165) is 215 Å². The molecule has 0 spiro atoms. The predicted octanol–water partition coefficient (Wildman–Crippen LogP) is 17.3. The molecule has 690 valence electrons. The van der Waals surface area contributed by atoms with Crippen LogP contribution in [0.15, 0.2) is 200 Å². The Morgan fingerprint density at radius 2 is 0.778 bits per heavy atom. The molecule has 135 heavy (non-hydrogen) atoms. The largest absolute Gasteiger partial charge is 0.461 e. The van der Waals surface area contributed by atoms with Gasteiger partial charge >= 0.3 is 29.8 Å². The zero-order valence-corrected chi connectivity index (χ0v) is 79.6. The number of benzene rings is 8. The quantitative estimate of drug-likeness (QED) is 0.0203. The van der Waals surface area contributed by atoms with Crippen molar-refractivity contribution in [1.29, 1.82) is 21.0 Å². The molecule has 5 unspecified atom stereocenters. The summed E-state index contributed by atoms with van der Waals surface area (Å²) in [4.78, 5) is 80.1. The molecule has 0 amide bonds. The molecule has 0 saturated carbocycles. The number of rotatable bonds is 35.